The minimum absolute atomic E-state index is 0.143. The van der Waals surface area contributed by atoms with Gasteiger partial charge in [0, 0.05) is 43.5 Å². The number of aromatic amines is 1. The minimum Gasteiger partial charge on any atom is -0.492 e. The Morgan fingerprint density at radius 3 is 2.58 bits per heavy atom. The molecule has 2 fully saturated rings. The number of hydrogen-bond acceptors (Lipinski definition) is 7. The first-order chi connectivity index (χ1) is 20.9. The minimum atomic E-state index is -0.966. The van der Waals surface area contributed by atoms with E-state index >= 15 is 0 Å². The molecule has 1 aromatic heterocycles. The molecule has 1 amide bonds. The number of amides is 1. The van der Waals surface area contributed by atoms with Crippen LogP contribution in [0.3, 0.4) is 0 Å². The number of carbonyl (C=O) groups is 2. The first-order valence-corrected chi connectivity index (χ1v) is 15.4. The monoisotopic (exact) mass is 613 g/mol. The Bertz CT molecular complexity index is 1690. The van der Waals surface area contributed by atoms with Gasteiger partial charge in [0.2, 0.25) is 0 Å². The fourth-order valence-corrected chi connectivity index (χ4v) is 6.50. The molecule has 2 saturated heterocycles. The first kappa shape index (κ1) is 29.1. The van der Waals surface area contributed by atoms with Crippen LogP contribution in [-0.4, -0.2) is 82.1 Å². The molecule has 0 spiro atoms. The van der Waals surface area contributed by atoms with E-state index in [-0.39, 0.29) is 11.5 Å². The lowest BCUT2D eigenvalue weighted by atomic mass is 10.0. The summed E-state index contributed by atoms with van der Waals surface area (Å²) in [6.45, 7) is 4.99. The molecular formula is C33H31N3O5S2. The highest BCUT2D eigenvalue weighted by Gasteiger charge is 2.32. The van der Waals surface area contributed by atoms with Crippen molar-refractivity contribution in [2.75, 3.05) is 46.0 Å². The number of carboxylic acid groups (broad SMARTS) is 1. The van der Waals surface area contributed by atoms with Gasteiger partial charge in [0.05, 0.1) is 23.7 Å². The van der Waals surface area contributed by atoms with Crippen LogP contribution in [0.2, 0.25) is 0 Å². The molecule has 2 aliphatic rings. The number of ether oxygens (including phenoxy) is 2. The third-order valence-corrected chi connectivity index (χ3v) is 9.03. The lowest BCUT2D eigenvalue weighted by Crippen LogP contribution is -2.38. The second kappa shape index (κ2) is 13.1. The van der Waals surface area contributed by atoms with Crippen molar-refractivity contribution in [1.82, 2.24) is 14.8 Å². The fourth-order valence-electron chi connectivity index (χ4n) is 5.20. The third kappa shape index (κ3) is 6.83. The summed E-state index contributed by atoms with van der Waals surface area (Å²) in [6.07, 6.45) is 4.37. The van der Waals surface area contributed by atoms with Crippen molar-refractivity contribution in [1.29, 1.82) is 0 Å². The highest BCUT2D eigenvalue weighted by Crippen LogP contribution is 2.36. The van der Waals surface area contributed by atoms with E-state index in [1.54, 1.807) is 29.2 Å². The number of carbonyl (C=O) groups excluding carboxylic acids is 1. The van der Waals surface area contributed by atoms with E-state index in [0.29, 0.717) is 34.5 Å². The van der Waals surface area contributed by atoms with Crippen molar-refractivity contribution in [2.45, 2.75) is 6.42 Å². The number of aromatic nitrogens is 1. The number of benzene rings is 3. The predicted octanol–water partition coefficient (Wildman–Crippen LogP) is 5.69. The second-order valence-electron chi connectivity index (χ2n) is 10.4. The smallest absolute Gasteiger partial charge is 0.335 e. The molecule has 4 aromatic rings. The molecule has 2 aliphatic heterocycles. The maximum Gasteiger partial charge on any atom is 0.335 e. The zero-order valence-corrected chi connectivity index (χ0v) is 25.1. The summed E-state index contributed by atoms with van der Waals surface area (Å²) in [5.41, 5.74) is 5.16. The van der Waals surface area contributed by atoms with E-state index in [0.717, 1.165) is 66.0 Å². The largest absolute Gasteiger partial charge is 0.492 e. The standard InChI is InChI=1S/C33H31N3O5S2/c37-31-30(43-33(42)36(31)12-10-22-1-3-23(4-2-22)32(38)39)21-27-20-25(24-5-7-28-26(19-24)9-11-34-28)6-8-29(27)41-18-15-35-13-16-40-17-14-35/h1-9,11,19-21,34H,10,12-18H2,(H,38,39)/b30-21-. The molecule has 2 N–H and O–H groups in total. The van der Waals surface area contributed by atoms with Crippen molar-refractivity contribution in [2.24, 2.45) is 0 Å². The van der Waals surface area contributed by atoms with Gasteiger partial charge in [-0.1, -0.05) is 48.2 Å². The van der Waals surface area contributed by atoms with Gasteiger partial charge >= 0.3 is 5.97 Å². The van der Waals surface area contributed by atoms with E-state index in [9.17, 15) is 9.59 Å². The topological polar surface area (TPSA) is 95.1 Å². The number of fused-ring (bicyclic) bond motifs is 1. The van der Waals surface area contributed by atoms with Gasteiger partial charge in [-0.05, 0) is 77.0 Å². The van der Waals surface area contributed by atoms with Gasteiger partial charge in [-0.3, -0.25) is 14.6 Å². The molecule has 43 heavy (non-hydrogen) atoms. The van der Waals surface area contributed by atoms with Gasteiger partial charge in [-0.15, -0.1) is 0 Å². The summed E-state index contributed by atoms with van der Waals surface area (Å²) in [7, 11) is 0. The van der Waals surface area contributed by atoms with Crippen LogP contribution in [-0.2, 0) is 16.0 Å². The summed E-state index contributed by atoms with van der Waals surface area (Å²) < 4.78 is 12.2. The fraction of sp³-hybridized carbons (Fsp3) is 0.242. The number of nitrogens with one attached hydrogen (secondary N) is 1. The zero-order valence-electron chi connectivity index (χ0n) is 23.5. The molecule has 3 aromatic carbocycles. The summed E-state index contributed by atoms with van der Waals surface area (Å²) in [6, 6.07) is 21.1. The van der Waals surface area contributed by atoms with Gasteiger partial charge in [0.1, 0.15) is 16.7 Å². The number of rotatable bonds is 10. The Hall–Kier alpha value is -3.96. The van der Waals surface area contributed by atoms with Crippen molar-refractivity contribution >= 4 is 57.2 Å². The number of carboxylic acids is 1. The number of nitrogens with zero attached hydrogens (tertiary/aromatic N) is 2. The number of aromatic carboxylic acids is 1. The molecule has 220 valence electrons. The van der Waals surface area contributed by atoms with Crippen molar-refractivity contribution < 1.29 is 24.2 Å². The third-order valence-electron chi connectivity index (χ3n) is 7.65. The number of thiocarbonyl (C=S) groups is 1. The molecule has 0 unspecified atom stereocenters. The van der Waals surface area contributed by atoms with E-state index in [4.69, 9.17) is 26.8 Å². The van der Waals surface area contributed by atoms with Gasteiger partial charge in [-0.2, -0.15) is 0 Å². The van der Waals surface area contributed by atoms with Gasteiger partial charge in [0.15, 0.2) is 0 Å². The van der Waals surface area contributed by atoms with E-state index in [1.165, 1.54) is 11.8 Å². The van der Waals surface area contributed by atoms with Gasteiger partial charge < -0.3 is 19.6 Å². The highest BCUT2D eigenvalue weighted by atomic mass is 32.2. The predicted molar refractivity (Wildman–Crippen MR) is 173 cm³/mol. The molecule has 0 atom stereocenters. The van der Waals surface area contributed by atoms with Crippen molar-refractivity contribution in [3.8, 4) is 16.9 Å². The molecule has 10 heteroatoms. The molecule has 6 rings (SSSR count). The molecule has 0 bridgehead atoms. The van der Waals surface area contributed by atoms with Crippen molar-refractivity contribution in [3.05, 3.63) is 94.5 Å². The van der Waals surface area contributed by atoms with E-state index in [1.807, 2.05) is 18.3 Å². The van der Waals surface area contributed by atoms with Crippen LogP contribution in [0.1, 0.15) is 21.5 Å². The lowest BCUT2D eigenvalue weighted by Gasteiger charge is -2.26. The van der Waals surface area contributed by atoms with E-state index < -0.39 is 5.97 Å². The summed E-state index contributed by atoms with van der Waals surface area (Å²) >= 11 is 6.88. The number of hydrogen-bond donors (Lipinski definition) is 2. The Labute approximate surface area is 259 Å². The van der Waals surface area contributed by atoms with Crippen LogP contribution in [0.4, 0.5) is 0 Å². The zero-order chi connectivity index (χ0) is 29.8. The lowest BCUT2D eigenvalue weighted by molar-refractivity contribution is -0.122. The van der Waals surface area contributed by atoms with Gasteiger partial charge in [0.25, 0.3) is 5.91 Å². The van der Waals surface area contributed by atoms with Crippen LogP contribution in [0.25, 0.3) is 28.1 Å². The summed E-state index contributed by atoms with van der Waals surface area (Å²) in [4.78, 5) is 32.4. The average molecular weight is 614 g/mol. The molecule has 0 aliphatic carbocycles. The quantitative estimate of drug-likeness (QED) is 0.174. The maximum atomic E-state index is 13.5. The molecular weight excluding hydrogens is 583 g/mol. The SMILES string of the molecule is O=C(O)c1ccc(CCN2C(=O)/C(=C/c3cc(-c4ccc5[nH]ccc5c4)ccc3OCCN3CCOCC3)SC2=S)cc1. The molecule has 3 heterocycles. The van der Waals surface area contributed by atoms with Crippen molar-refractivity contribution in [3.63, 3.8) is 0 Å². The van der Waals surface area contributed by atoms with Gasteiger partial charge in [-0.25, -0.2) is 4.79 Å². The normalized spacial score (nSPS) is 16.8. The number of thioether (sulfide) groups is 1. The molecule has 0 radical (unpaired) electrons. The van der Waals surface area contributed by atoms with Crippen LogP contribution < -0.4 is 4.74 Å². The highest BCUT2D eigenvalue weighted by molar-refractivity contribution is 8.26. The van der Waals surface area contributed by atoms with E-state index in [2.05, 4.69) is 46.3 Å². The van der Waals surface area contributed by atoms with Crippen LogP contribution in [0.15, 0.2) is 77.8 Å². The summed E-state index contributed by atoms with van der Waals surface area (Å²) in [5.74, 6) is -0.397. The van der Waals surface area contributed by atoms with Crippen LogP contribution >= 0.6 is 24.0 Å². The second-order valence-corrected chi connectivity index (χ2v) is 12.1. The Balaban J connectivity index is 1.22. The maximum absolute atomic E-state index is 13.5. The Morgan fingerprint density at radius 2 is 1.79 bits per heavy atom. The van der Waals surface area contributed by atoms with Crippen LogP contribution in [0.5, 0.6) is 5.75 Å². The number of H-pyrrole nitrogens is 1. The number of morpholine rings is 1. The Kier molecular flexibility index (Phi) is 8.90. The average Bonchev–Trinajstić information content (AvgIpc) is 3.60. The first-order valence-electron chi connectivity index (χ1n) is 14.2. The molecule has 0 saturated carbocycles. The Morgan fingerprint density at radius 1 is 1.02 bits per heavy atom. The van der Waals surface area contributed by atoms with Crippen LogP contribution in [0, 0.1) is 0 Å². The summed E-state index contributed by atoms with van der Waals surface area (Å²) in [5, 5.41) is 10.3. The molecule has 8 nitrogen and oxygen atoms in total.